The maximum Gasteiger partial charge on any atom is 0.333 e. The summed E-state index contributed by atoms with van der Waals surface area (Å²) in [6.45, 7) is 41.8. The van der Waals surface area contributed by atoms with Gasteiger partial charge in [0, 0.05) is 44.8 Å². The van der Waals surface area contributed by atoms with Crippen molar-refractivity contribution in [2.45, 2.75) is 157 Å². The van der Waals surface area contributed by atoms with Gasteiger partial charge in [0.15, 0.2) is 0 Å². The lowest BCUT2D eigenvalue weighted by atomic mass is 9.44. The van der Waals surface area contributed by atoms with Crippen LogP contribution >= 0.6 is 0 Å². The smallest absolute Gasteiger partial charge is 0.333 e. The maximum atomic E-state index is 2.80. The molecule has 1 aromatic heterocycles. The van der Waals surface area contributed by atoms with Crippen molar-refractivity contribution in [1.82, 2.24) is 4.48 Å². The second-order valence-corrected chi connectivity index (χ2v) is 28.8. The summed E-state index contributed by atoms with van der Waals surface area (Å²) in [5.41, 5.74) is 28.1. The molecule has 0 saturated heterocycles. The van der Waals surface area contributed by atoms with Gasteiger partial charge in [0.2, 0.25) is 0 Å². The minimum Gasteiger partial charge on any atom is -0.375 e. The first kappa shape index (κ1) is 52.2. The van der Waals surface area contributed by atoms with Crippen molar-refractivity contribution < 1.29 is 0 Å². The van der Waals surface area contributed by atoms with Crippen LogP contribution < -0.4 is 15.8 Å². The zero-order chi connectivity index (χ0) is 55.1. The van der Waals surface area contributed by atoms with Gasteiger partial charge in [0.25, 0.3) is 0 Å². The van der Waals surface area contributed by atoms with Gasteiger partial charge < -0.3 is 9.38 Å². The maximum absolute atomic E-state index is 2.80. The van der Waals surface area contributed by atoms with E-state index in [2.05, 4.69) is 298 Å². The normalized spacial score (nSPS) is 13.8. The molecule has 390 valence electrons. The second-order valence-electron chi connectivity index (χ2n) is 28.8. The second kappa shape index (κ2) is 17.9. The third-order valence-corrected chi connectivity index (χ3v) is 17.0. The molecule has 0 amide bonds. The highest BCUT2D eigenvalue weighted by Gasteiger charge is 2.45. The van der Waals surface area contributed by atoms with Crippen LogP contribution in [0.4, 0.5) is 17.1 Å². The predicted octanol–water partition coefficient (Wildman–Crippen LogP) is 19.5. The molecule has 0 saturated carbocycles. The summed E-state index contributed by atoms with van der Waals surface area (Å²) in [5, 5.41) is 1.31. The van der Waals surface area contributed by atoms with Crippen molar-refractivity contribution in [2.24, 2.45) is 0 Å². The zero-order valence-corrected chi connectivity index (χ0v) is 49.6. The highest BCUT2D eigenvalue weighted by Crippen LogP contribution is 2.52. The van der Waals surface area contributed by atoms with Crippen LogP contribution in [0, 0.1) is 0 Å². The number of hydrogen-bond donors (Lipinski definition) is 0. The van der Waals surface area contributed by atoms with E-state index in [4.69, 9.17) is 0 Å². The molecule has 3 heteroatoms. The molecular weight excluding hydrogens is 928 g/mol. The Kier molecular flexibility index (Phi) is 12.1. The van der Waals surface area contributed by atoms with Gasteiger partial charge in [0.05, 0.1) is 0 Å². The largest absolute Gasteiger partial charge is 0.375 e. The monoisotopic (exact) mass is 1010 g/mol. The Balaban J connectivity index is 1.26. The zero-order valence-electron chi connectivity index (χ0n) is 49.6. The van der Waals surface area contributed by atoms with Crippen LogP contribution in [0.15, 0.2) is 164 Å². The molecule has 3 heterocycles. The third-order valence-electron chi connectivity index (χ3n) is 17.0. The van der Waals surface area contributed by atoms with E-state index in [-0.39, 0.29) is 39.3 Å². The van der Waals surface area contributed by atoms with E-state index in [1.54, 1.807) is 0 Å². The van der Waals surface area contributed by atoms with Gasteiger partial charge in [-0.3, -0.25) is 0 Å². The lowest BCUT2D eigenvalue weighted by Crippen LogP contribution is -2.57. The van der Waals surface area contributed by atoms with Crippen LogP contribution in [-0.4, -0.2) is 11.3 Å². The number of nitrogens with zero attached hydrogens (tertiary/aromatic N) is 2. The molecule has 2 nitrogen and oxygen atoms in total. The summed E-state index contributed by atoms with van der Waals surface area (Å²) in [7, 11) is 0. The molecule has 8 aromatic carbocycles. The first-order valence-electron chi connectivity index (χ1n) is 28.4. The van der Waals surface area contributed by atoms with Gasteiger partial charge in [-0.15, -0.1) is 0 Å². The Morgan fingerprint density at radius 3 is 1.14 bits per heavy atom. The Hall–Kier alpha value is -6.84. The van der Waals surface area contributed by atoms with Gasteiger partial charge in [-0.2, -0.15) is 0 Å². The van der Waals surface area contributed by atoms with E-state index in [9.17, 15) is 0 Å². The fourth-order valence-corrected chi connectivity index (χ4v) is 12.1. The number of benzene rings is 8. The SMILES string of the molecule is CC(C)(C)c1ccc(-c2ccc(N3c4ccc(-c5ccc(C(C)(C)C)cc5)cc4B4c5c(cc(C(C)(C)C)cc53)-c3cc(C(C)(C)C)cc5c(-c6ccc(C(C)(C)C)cc6)c(-c6ccc(C(C)(C)C)cc6)n4c35)cc2)cc1. The number of fused-ring (bicyclic) bond motifs is 4. The minimum atomic E-state index is -0.148. The van der Waals surface area contributed by atoms with Gasteiger partial charge in [-0.1, -0.05) is 252 Å². The molecule has 0 spiro atoms. The predicted molar refractivity (Wildman–Crippen MR) is 336 cm³/mol. The molecule has 11 rings (SSSR count). The van der Waals surface area contributed by atoms with Crippen LogP contribution in [0.5, 0.6) is 0 Å². The molecule has 2 aliphatic heterocycles. The number of anilines is 3. The molecule has 9 aromatic rings. The van der Waals surface area contributed by atoms with Gasteiger partial charge in [-0.25, -0.2) is 0 Å². The fourth-order valence-electron chi connectivity index (χ4n) is 12.1. The van der Waals surface area contributed by atoms with Crippen molar-refractivity contribution in [3.05, 3.63) is 197 Å². The third kappa shape index (κ3) is 9.20. The number of hydrogen-bond acceptors (Lipinski definition) is 1. The summed E-state index contributed by atoms with van der Waals surface area (Å²) in [6.07, 6.45) is 0. The van der Waals surface area contributed by atoms with Crippen molar-refractivity contribution in [3.63, 3.8) is 0 Å². The Bertz CT molecular complexity index is 3730. The highest BCUT2D eigenvalue weighted by atomic mass is 15.2. The van der Waals surface area contributed by atoms with Crippen molar-refractivity contribution in [2.75, 3.05) is 4.90 Å². The van der Waals surface area contributed by atoms with E-state index in [1.807, 2.05) is 0 Å². The summed E-state index contributed by atoms with van der Waals surface area (Å²) < 4.78 is 2.80. The summed E-state index contributed by atoms with van der Waals surface area (Å²) >= 11 is 0. The highest BCUT2D eigenvalue weighted by molar-refractivity contribution is 6.90. The Labute approximate surface area is 462 Å². The van der Waals surface area contributed by atoms with Crippen molar-refractivity contribution in [3.8, 4) is 55.8 Å². The molecule has 2 aliphatic rings. The van der Waals surface area contributed by atoms with E-state index in [0.717, 1.165) is 5.69 Å². The molecule has 0 unspecified atom stereocenters. The van der Waals surface area contributed by atoms with E-state index in [1.165, 1.54) is 122 Å². The first-order valence-corrected chi connectivity index (χ1v) is 28.4. The van der Waals surface area contributed by atoms with Crippen LogP contribution in [-0.2, 0) is 32.5 Å². The van der Waals surface area contributed by atoms with Crippen molar-refractivity contribution in [1.29, 1.82) is 0 Å². The number of aromatic nitrogens is 1. The molecule has 77 heavy (non-hydrogen) atoms. The summed E-state index contributed by atoms with van der Waals surface area (Å²) in [6, 6.07) is 64.6. The molecule has 0 N–H and O–H groups in total. The lowest BCUT2D eigenvalue weighted by molar-refractivity contribution is 0.590. The molecule has 0 aliphatic carbocycles. The van der Waals surface area contributed by atoms with Crippen molar-refractivity contribution >= 4 is 45.7 Å². The van der Waals surface area contributed by atoms with E-state index >= 15 is 0 Å². The first-order chi connectivity index (χ1) is 36.0. The van der Waals surface area contributed by atoms with Crippen LogP contribution in [0.3, 0.4) is 0 Å². The fraction of sp³-hybridized carbons (Fsp3) is 0.324. The van der Waals surface area contributed by atoms with Crippen LogP contribution in [0.25, 0.3) is 66.7 Å². The standard InChI is InChI=1S/C74H81BN2/c1-69(2,3)52-30-19-46(20-31-52)47-27-38-58(39-28-47)76-63-40-29-51(48-21-32-53(33-22-48)70(4,5)6)41-62(63)75-66-59(42-57(45-64(66)76)74(16,17)18)60-43-56(73(13,14)15)44-61-65(49-23-34-54(35-24-49)71(7,8)9)67(77(75)68(60)61)50-25-36-55(37-26-50)72(10,11)12/h19-45H,1-18H3. The van der Waals surface area contributed by atoms with Crippen LogP contribution in [0.2, 0.25) is 0 Å². The average Bonchev–Trinajstić information content (AvgIpc) is 3.99. The van der Waals surface area contributed by atoms with Gasteiger partial charge >= 0.3 is 6.85 Å². The molecule has 0 atom stereocenters. The van der Waals surface area contributed by atoms with Gasteiger partial charge in [-0.05, 0) is 152 Å². The topological polar surface area (TPSA) is 8.17 Å². The quantitative estimate of drug-likeness (QED) is 0.156. The van der Waals surface area contributed by atoms with Gasteiger partial charge in [0.1, 0.15) is 0 Å². The molecular formula is C74H81BN2. The van der Waals surface area contributed by atoms with E-state index < -0.39 is 0 Å². The summed E-state index contributed by atoms with van der Waals surface area (Å²) in [4.78, 5) is 2.60. The van der Waals surface area contributed by atoms with Crippen LogP contribution in [0.1, 0.15) is 158 Å². The number of rotatable bonds is 5. The lowest BCUT2D eigenvalue weighted by Gasteiger charge is -2.42. The molecule has 0 radical (unpaired) electrons. The Morgan fingerprint density at radius 2 is 0.688 bits per heavy atom. The summed E-state index contributed by atoms with van der Waals surface area (Å²) in [5.74, 6) is 0. The minimum absolute atomic E-state index is 0.0119. The van der Waals surface area contributed by atoms with E-state index in [0.29, 0.717) is 0 Å². The average molecular weight is 1010 g/mol. The molecule has 0 fully saturated rings. The Morgan fingerprint density at radius 1 is 0.312 bits per heavy atom. The molecule has 0 bridgehead atoms.